The van der Waals surface area contributed by atoms with Crippen molar-refractivity contribution >= 4 is 32.4 Å². The van der Waals surface area contributed by atoms with E-state index in [0.717, 1.165) is 17.8 Å². The number of nitrogens with zero attached hydrogens (tertiary/aromatic N) is 4. The molecule has 142 valence electrons. The van der Waals surface area contributed by atoms with Crippen LogP contribution < -0.4 is 5.32 Å². The molecule has 1 fully saturated rings. The lowest BCUT2D eigenvalue weighted by Crippen LogP contribution is -2.43. The van der Waals surface area contributed by atoms with Gasteiger partial charge in [-0.2, -0.15) is 4.31 Å². The second kappa shape index (κ2) is 7.41. The van der Waals surface area contributed by atoms with Gasteiger partial charge in [-0.3, -0.25) is 10.1 Å². The van der Waals surface area contributed by atoms with Crippen molar-refractivity contribution in [1.82, 2.24) is 19.7 Å². The first-order chi connectivity index (χ1) is 12.3. The van der Waals surface area contributed by atoms with Crippen LogP contribution in [0.4, 0.5) is 5.13 Å². The van der Waals surface area contributed by atoms with Crippen molar-refractivity contribution in [3.8, 4) is 0 Å². The maximum atomic E-state index is 13.0. The van der Waals surface area contributed by atoms with Crippen molar-refractivity contribution in [2.24, 2.45) is 0 Å². The third kappa shape index (κ3) is 3.51. The van der Waals surface area contributed by atoms with E-state index in [1.807, 2.05) is 6.92 Å². The van der Waals surface area contributed by atoms with Gasteiger partial charge in [-0.15, -0.1) is 10.2 Å². The lowest BCUT2D eigenvalue weighted by molar-refractivity contribution is -0.119. The summed E-state index contributed by atoms with van der Waals surface area (Å²) in [6, 6.07) is -0.785. The van der Waals surface area contributed by atoms with E-state index in [4.69, 9.17) is 4.52 Å². The van der Waals surface area contributed by atoms with E-state index in [2.05, 4.69) is 20.7 Å². The van der Waals surface area contributed by atoms with Crippen LogP contribution in [-0.4, -0.2) is 46.6 Å². The van der Waals surface area contributed by atoms with Gasteiger partial charge in [-0.05, 0) is 33.1 Å². The molecule has 2 aromatic heterocycles. The third-order valence-electron chi connectivity index (χ3n) is 4.20. The number of carbonyl (C=O) groups excluding carboxylic acids is 1. The van der Waals surface area contributed by atoms with E-state index in [-0.39, 0.29) is 17.2 Å². The van der Waals surface area contributed by atoms with Gasteiger partial charge in [0.25, 0.3) is 0 Å². The predicted octanol–water partition coefficient (Wildman–Crippen LogP) is 1.89. The van der Waals surface area contributed by atoms with Gasteiger partial charge in [-0.25, -0.2) is 8.42 Å². The van der Waals surface area contributed by atoms with Gasteiger partial charge in [0.15, 0.2) is 5.76 Å². The van der Waals surface area contributed by atoms with E-state index in [1.165, 1.54) is 15.6 Å². The lowest BCUT2D eigenvalue weighted by Gasteiger charge is -2.22. The first kappa shape index (κ1) is 18.9. The molecule has 9 nitrogen and oxygen atoms in total. The molecule has 1 aliphatic rings. The van der Waals surface area contributed by atoms with Crippen LogP contribution in [0.15, 0.2) is 9.42 Å². The molecular formula is C15H21N5O4S2. The minimum Gasteiger partial charge on any atom is -0.360 e. The Hall–Kier alpha value is -1.85. The van der Waals surface area contributed by atoms with Gasteiger partial charge < -0.3 is 4.52 Å². The molecule has 26 heavy (non-hydrogen) atoms. The summed E-state index contributed by atoms with van der Waals surface area (Å²) in [7, 11) is -3.86. The fourth-order valence-electron chi connectivity index (χ4n) is 3.06. The second-order valence-electron chi connectivity index (χ2n) is 6.17. The standard InChI is InChI=1S/C15H21N5O4S2/c1-4-6-12-17-18-15(25-12)16-14(21)11-7-5-8-20(11)26(22,23)13-9(2)19-24-10(13)3/h11H,4-8H2,1-3H3,(H,16,18,21)/t11-/m1/s1. The van der Waals surface area contributed by atoms with Crippen LogP contribution in [0.25, 0.3) is 0 Å². The Balaban J connectivity index is 1.80. The molecule has 3 heterocycles. The SMILES string of the molecule is CCCc1nnc(NC(=O)[C@H]2CCCN2S(=O)(=O)c2c(C)noc2C)s1. The summed E-state index contributed by atoms with van der Waals surface area (Å²) in [5.41, 5.74) is 0.293. The lowest BCUT2D eigenvalue weighted by atomic mass is 10.2. The highest BCUT2D eigenvalue weighted by atomic mass is 32.2. The van der Waals surface area contributed by atoms with Crippen LogP contribution >= 0.6 is 11.3 Å². The number of nitrogens with one attached hydrogen (secondary N) is 1. The minimum atomic E-state index is -3.86. The van der Waals surface area contributed by atoms with Crippen molar-refractivity contribution in [3.05, 3.63) is 16.5 Å². The molecule has 0 radical (unpaired) electrons. The van der Waals surface area contributed by atoms with Crippen LogP contribution in [0, 0.1) is 13.8 Å². The Labute approximate surface area is 155 Å². The molecule has 0 spiro atoms. The summed E-state index contributed by atoms with van der Waals surface area (Å²) in [5, 5.41) is 15.6. The highest BCUT2D eigenvalue weighted by Crippen LogP contribution is 2.30. The molecule has 0 aliphatic carbocycles. The van der Waals surface area contributed by atoms with Crippen molar-refractivity contribution in [2.45, 2.75) is 57.4 Å². The van der Waals surface area contributed by atoms with Gasteiger partial charge in [0.05, 0.1) is 0 Å². The van der Waals surface area contributed by atoms with Gasteiger partial charge in [0.2, 0.25) is 21.1 Å². The zero-order valence-electron chi connectivity index (χ0n) is 14.9. The summed E-state index contributed by atoms with van der Waals surface area (Å²) in [6.45, 7) is 5.44. The van der Waals surface area contributed by atoms with E-state index < -0.39 is 22.0 Å². The minimum absolute atomic E-state index is 0.0401. The fraction of sp³-hybridized carbons (Fsp3) is 0.600. The van der Waals surface area contributed by atoms with Gasteiger partial charge in [0.1, 0.15) is 21.6 Å². The zero-order chi connectivity index (χ0) is 18.9. The normalized spacial score (nSPS) is 18.3. The van der Waals surface area contributed by atoms with Crippen LogP contribution in [0.1, 0.15) is 42.6 Å². The molecular weight excluding hydrogens is 378 g/mol. The largest absolute Gasteiger partial charge is 0.360 e. The molecule has 1 amide bonds. The highest BCUT2D eigenvalue weighted by molar-refractivity contribution is 7.89. The topological polar surface area (TPSA) is 118 Å². The molecule has 3 rings (SSSR count). The third-order valence-corrected chi connectivity index (χ3v) is 7.25. The van der Waals surface area contributed by atoms with E-state index >= 15 is 0 Å². The van der Waals surface area contributed by atoms with E-state index in [1.54, 1.807) is 13.8 Å². The Morgan fingerprint density at radius 2 is 2.15 bits per heavy atom. The summed E-state index contributed by atoms with van der Waals surface area (Å²) in [4.78, 5) is 12.7. The summed E-state index contributed by atoms with van der Waals surface area (Å²) in [6.07, 6.45) is 2.80. The van der Waals surface area contributed by atoms with Crippen molar-refractivity contribution in [3.63, 3.8) is 0 Å². The fourth-order valence-corrected chi connectivity index (χ4v) is 5.85. The first-order valence-electron chi connectivity index (χ1n) is 8.42. The van der Waals surface area contributed by atoms with Crippen LogP contribution in [-0.2, 0) is 21.2 Å². The van der Waals surface area contributed by atoms with E-state index in [9.17, 15) is 13.2 Å². The number of aromatic nitrogens is 3. The van der Waals surface area contributed by atoms with E-state index in [0.29, 0.717) is 23.7 Å². The predicted molar refractivity (Wildman–Crippen MR) is 95.4 cm³/mol. The maximum Gasteiger partial charge on any atom is 0.249 e. The molecule has 0 bridgehead atoms. The molecule has 1 aliphatic heterocycles. The Bertz CT molecular complexity index is 886. The van der Waals surface area contributed by atoms with Crippen molar-refractivity contribution < 1.29 is 17.7 Å². The van der Waals surface area contributed by atoms with Crippen molar-refractivity contribution in [1.29, 1.82) is 0 Å². The van der Waals surface area contributed by atoms with Gasteiger partial charge in [-0.1, -0.05) is 23.4 Å². The summed E-state index contributed by atoms with van der Waals surface area (Å²) in [5.74, 6) is -0.168. The number of hydrogen-bond acceptors (Lipinski definition) is 8. The summed E-state index contributed by atoms with van der Waals surface area (Å²) >= 11 is 1.31. The molecule has 11 heteroatoms. The average Bonchev–Trinajstić information content (AvgIpc) is 3.28. The first-order valence-corrected chi connectivity index (χ1v) is 10.7. The number of carbonyl (C=O) groups is 1. The Morgan fingerprint density at radius 3 is 2.81 bits per heavy atom. The molecule has 1 atom stereocenters. The van der Waals surface area contributed by atoms with Gasteiger partial charge >= 0.3 is 0 Å². The van der Waals surface area contributed by atoms with Crippen LogP contribution in [0.2, 0.25) is 0 Å². The molecule has 2 aromatic rings. The maximum absolute atomic E-state index is 13.0. The number of sulfonamides is 1. The number of aryl methyl sites for hydroxylation is 3. The quantitative estimate of drug-likeness (QED) is 0.788. The smallest absolute Gasteiger partial charge is 0.249 e. The van der Waals surface area contributed by atoms with Crippen molar-refractivity contribution in [2.75, 3.05) is 11.9 Å². The molecule has 0 aromatic carbocycles. The van der Waals surface area contributed by atoms with Crippen LogP contribution in [0.3, 0.4) is 0 Å². The monoisotopic (exact) mass is 399 g/mol. The molecule has 1 saturated heterocycles. The number of amides is 1. The number of rotatable bonds is 6. The van der Waals surface area contributed by atoms with Crippen LogP contribution in [0.5, 0.6) is 0 Å². The Kier molecular flexibility index (Phi) is 5.39. The van der Waals surface area contributed by atoms with Gasteiger partial charge in [0, 0.05) is 13.0 Å². The molecule has 1 N–H and O–H groups in total. The molecule has 0 saturated carbocycles. The molecule has 0 unspecified atom stereocenters. The summed E-state index contributed by atoms with van der Waals surface area (Å²) < 4.78 is 32.2. The zero-order valence-corrected chi connectivity index (χ0v) is 16.5. The highest BCUT2D eigenvalue weighted by Gasteiger charge is 2.42. The average molecular weight is 399 g/mol. The second-order valence-corrected chi connectivity index (χ2v) is 9.06. The number of anilines is 1. The number of hydrogen-bond donors (Lipinski definition) is 1. The Morgan fingerprint density at radius 1 is 1.38 bits per heavy atom.